The molecule has 0 heterocycles. The van der Waals surface area contributed by atoms with E-state index in [4.69, 9.17) is 21.8 Å². The highest BCUT2D eigenvalue weighted by Gasteiger charge is 2.55. The number of aliphatic hydroxyl groups excluding tert-OH is 2. The molecule has 4 N–H and O–H groups in total. The van der Waals surface area contributed by atoms with Gasteiger partial charge in [-0.25, -0.2) is 8.42 Å². The van der Waals surface area contributed by atoms with Gasteiger partial charge in [-0.1, -0.05) is 11.6 Å². The number of hydrogen-bond acceptors (Lipinski definition) is 6. The van der Waals surface area contributed by atoms with E-state index < -0.39 is 45.9 Å². The zero-order valence-corrected chi connectivity index (χ0v) is 15.6. The van der Waals surface area contributed by atoms with Crippen molar-refractivity contribution in [3.63, 3.8) is 0 Å². The first-order chi connectivity index (χ1) is 12.3. The molecule has 154 valence electrons. The highest BCUT2D eigenvalue weighted by atomic mass is 35.5. The lowest BCUT2D eigenvalue weighted by Gasteiger charge is -2.25. The second-order valence-electron chi connectivity index (χ2n) is 5.52. The third-order valence-corrected chi connectivity index (χ3v) is 5.73. The number of benzene rings is 1. The van der Waals surface area contributed by atoms with Crippen molar-refractivity contribution < 1.29 is 41.7 Å². The van der Waals surface area contributed by atoms with Crippen LogP contribution in [0.3, 0.4) is 0 Å². The second kappa shape index (κ2) is 8.71. The number of halogens is 4. The van der Waals surface area contributed by atoms with Gasteiger partial charge in [0.1, 0.15) is 0 Å². The van der Waals surface area contributed by atoms with Crippen LogP contribution in [0.25, 0.3) is 0 Å². The Morgan fingerprint density at radius 2 is 1.74 bits per heavy atom. The number of aliphatic hydroxyl groups is 3. The van der Waals surface area contributed by atoms with Gasteiger partial charge in [0.2, 0.25) is 15.6 Å². The highest BCUT2D eigenvalue weighted by Crippen LogP contribution is 2.33. The van der Waals surface area contributed by atoms with Crippen molar-refractivity contribution in [2.75, 3.05) is 31.6 Å². The van der Waals surface area contributed by atoms with Gasteiger partial charge in [0.15, 0.2) is 0 Å². The number of rotatable bonds is 8. The van der Waals surface area contributed by atoms with Gasteiger partial charge in [0, 0.05) is 13.1 Å². The number of hydrogen-bond donors (Lipinski definition) is 4. The zero-order valence-electron chi connectivity index (χ0n) is 14.0. The fourth-order valence-corrected chi connectivity index (χ4v) is 3.60. The third-order valence-electron chi connectivity index (χ3n) is 3.52. The molecule has 0 aliphatic heterocycles. The first-order valence-electron chi connectivity index (χ1n) is 7.41. The van der Waals surface area contributed by atoms with Crippen LogP contribution in [0.15, 0.2) is 23.1 Å². The lowest BCUT2D eigenvalue weighted by molar-refractivity contribution is -0.242. The van der Waals surface area contributed by atoms with Crippen LogP contribution < -0.4 is 5.32 Å². The van der Waals surface area contributed by atoms with Gasteiger partial charge in [-0.2, -0.15) is 17.5 Å². The van der Waals surface area contributed by atoms with Gasteiger partial charge in [0.25, 0.3) is 5.91 Å². The van der Waals surface area contributed by atoms with Crippen LogP contribution in [-0.2, 0) is 14.8 Å². The van der Waals surface area contributed by atoms with Crippen LogP contribution in [0.5, 0.6) is 0 Å². The summed E-state index contributed by atoms with van der Waals surface area (Å²) in [7, 11) is -4.16. The fourth-order valence-electron chi connectivity index (χ4n) is 1.85. The van der Waals surface area contributed by atoms with Crippen LogP contribution in [0, 0.1) is 0 Å². The maximum atomic E-state index is 12.7. The van der Waals surface area contributed by atoms with E-state index in [9.17, 15) is 31.5 Å². The number of sulfonamides is 1. The van der Waals surface area contributed by atoms with Crippen molar-refractivity contribution in [3.05, 3.63) is 23.2 Å². The molecule has 0 saturated carbocycles. The maximum Gasteiger partial charge on any atom is 0.426 e. The molecule has 1 aromatic carbocycles. The molecule has 0 aliphatic rings. The number of nitrogens with zero attached hydrogens (tertiary/aromatic N) is 1. The van der Waals surface area contributed by atoms with Crippen molar-refractivity contribution in [3.8, 4) is 0 Å². The van der Waals surface area contributed by atoms with E-state index in [1.54, 1.807) is 5.32 Å². The molecule has 1 aromatic rings. The molecule has 1 atom stereocenters. The molecule has 0 aromatic heterocycles. The third kappa shape index (κ3) is 5.30. The molecule has 13 heteroatoms. The molecule has 0 radical (unpaired) electrons. The lowest BCUT2D eigenvalue weighted by atomic mass is 10.1. The van der Waals surface area contributed by atoms with E-state index in [1.165, 1.54) is 0 Å². The Morgan fingerprint density at radius 1 is 1.22 bits per heavy atom. The van der Waals surface area contributed by atoms with E-state index in [1.807, 2.05) is 0 Å². The van der Waals surface area contributed by atoms with Crippen LogP contribution in [0.4, 0.5) is 18.9 Å². The molecule has 0 unspecified atom stereocenters. The number of alkyl halides is 3. The molecule has 1 rings (SSSR count). The Morgan fingerprint density at radius 3 is 2.15 bits per heavy atom. The average molecular weight is 435 g/mol. The largest absolute Gasteiger partial charge is 0.426 e. The monoisotopic (exact) mass is 434 g/mol. The quantitative estimate of drug-likeness (QED) is 0.473. The predicted octanol–water partition coefficient (Wildman–Crippen LogP) is 0.567. The predicted molar refractivity (Wildman–Crippen MR) is 89.7 cm³/mol. The van der Waals surface area contributed by atoms with Crippen molar-refractivity contribution in [2.24, 2.45) is 0 Å². The van der Waals surface area contributed by atoms with Crippen LogP contribution >= 0.6 is 11.6 Å². The Kier molecular flexibility index (Phi) is 7.61. The summed E-state index contributed by atoms with van der Waals surface area (Å²) in [6.45, 7) is -1.35. The molecule has 27 heavy (non-hydrogen) atoms. The molecular formula is C14H18ClF3N2O6S. The average Bonchev–Trinajstić information content (AvgIpc) is 2.55. The molecule has 0 saturated heterocycles. The SMILES string of the molecule is C[C@@](O)(C(=O)Nc1ccc(S(=O)(=O)N(CCO)CCO)cc1Cl)C(F)(F)F. The molecular weight excluding hydrogens is 417 g/mol. The van der Waals surface area contributed by atoms with Crippen molar-refractivity contribution in [1.82, 2.24) is 4.31 Å². The molecule has 0 spiro atoms. The Labute approximate surface area is 158 Å². The number of amides is 1. The van der Waals surface area contributed by atoms with Gasteiger partial charge in [0.05, 0.1) is 28.8 Å². The number of carbonyl (C=O) groups is 1. The summed E-state index contributed by atoms with van der Waals surface area (Å²) >= 11 is 5.84. The van der Waals surface area contributed by atoms with E-state index in [0.29, 0.717) is 0 Å². The Balaban J connectivity index is 3.15. The van der Waals surface area contributed by atoms with Gasteiger partial charge in [-0.05, 0) is 25.1 Å². The van der Waals surface area contributed by atoms with Crippen LogP contribution in [0.2, 0.25) is 5.02 Å². The lowest BCUT2D eigenvalue weighted by Crippen LogP contribution is -2.52. The topological polar surface area (TPSA) is 127 Å². The number of anilines is 1. The fraction of sp³-hybridized carbons (Fsp3) is 0.500. The van der Waals surface area contributed by atoms with E-state index in [0.717, 1.165) is 22.5 Å². The summed E-state index contributed by atoms with van der Waals surface area (Å²) in [5.41, 5.74) is -4.03. The normalized spacial score (nSPS) is 14.9. The molecule has 8 nitrogen and oxygen atoms in total. The van der Waals surface area contributed by atoms with Gasteiger partial charge >= 0.3 is 6.18 Å². The first-order valence-corrected chi connectivity index (χ1v) is 9.22. The van der Waals surface area contributed by atoms with Crippen molar-refractivity contribution in [2.45, 2.75) is 23.6 Å². The maximum absolute atomic E-state index is 12.7. The Bertz CT molecular complexity index is 780. The minimum absolute atomic E-state index is 0.261. The number of carbonyl (C=O) groups excluding carboxylic acids is 1. The second-order valence-corrected chi connectivity index (χ2v) is 7.86. The van der Waals surface area contributed by atoms with E-state index >= 15 is 0 Å². The smallest absolute Gasteiger partial charge is 0.395 e. The van der Waals surface area contributed by atoms with Gasteiger partial charge in [-0.3, -0.25) is 4.79 Å². The van der Waals surface area contributed by atoms with Crippen molar-refractivity contribution in [1.29, 1.82) is 0 Å². The van der Waals surface area contributed by atoms with Gasteiger partial charge in [-0.15, -0.1) is 0 Å². The van der Waals surface area contributed by atoms with Gasteiger partial charge < -0.3 is 20.6 Å². The standard InChI is InChI=1S/C14H18ClF3N2O6S/c1-13(24,14(16,17)18)12(23)19-11-3-2-9(8-10(11)15)27(25,26)20(4-6-21)5-7-22/h2-3,8,21-22,24H,4-7H2,1H3,(H,19,23)/t13-/m1/s1. The summed E-state index contributed by atoms with van der Waals surface area (Å²) < 4.78 is 63.7. The molecule has 0 fully saturated rings. The molecule has 1 amide bonds. The summed E-state index contributed by atoms with van der Waals surface area (Å²) in [6, 6.07) is 2.81. The van der Waals surface area contributed by atoms with Crippen LogP contribution in [-0.4, -0.2) is 72.0 Å². The summed E-state index contributed by atoms with van der Waals surface area (Å²) in [5.74, 6) is -1.80. The van der Waals surface area contributed by atoms with E-state index in [2.05, 4.69) is 0 Å². The minimum Gasteiger partial charge on any atom is -0.395 e. The molecule has 0 aliphatic carbocycles. The summed E-state index contributed by atoms with van der Waals surface area (Å²) in [4.78, 5) is 11.3. The summed E-state index contributed by atoms with van der Waals surface area (Å²) in [6.07, 6.45) is -5.23. The summed E-state index contributed by atoms with van der Waals surface area (Å²) in [5, 5.41) is 28.6. The molecule has 0 bridgehead atoms. The zero-order chi connectivity index (χ0) is 21.0. The highest BCUT2D eigenvalue weighted by molar-refractivity contribution is 7.89. The van der Waals surface area contributed by atoms with E-state index in [-0.39, 0.29) is 30.6 Å². The van der Waals surface area contributed by atoms with Crippen molar-refractivity contribution >= 4 is 33.2 Å². The Hall–Kier alpha value is -1.44. The minimum atomic E-state index is -5.23. The number of nitrogens with one attached hydrogen (secondary N) is 1. The first kappa shape index (κ1) is 23.6. The van der Waals surface area contributed by atoms with Crippen LogP contribution in [0.1, 0.15) is 6.92 Å².